The zero-order valence-electron chi connectivity index (χ0n) is 16.7. The lowest BCUT2D eigenvalue weighted by molar-refractivity contribution is -0.111. The second-order valence-corrected chi connectivity index (χ2v) is 7.39. The number of rotatable bonds is 5. The van der Waals surface area contributed by atoms with E-state index < -0.39 is 17.6 Å². The lowest BCUT2D eigenvalue weighted by Crippen LogP contribution is -2.24. The summed E-state index contributed by atoms with van der Waals surface area (Å²) in [4.78, 5) is 17.8. The number of carbonyl (C=O) groups excluding carboxylic acids is 1. The van der Waals surface area contributed by atoms with Gasteiger partial charge in [0.1, 0.15) is 5.82 Å². The van der Waals surface area contributed by atoms with E-state index >= 15 is 0 Å². The van der Waals surface area contributed by atoms with Crippen molar-refractivity contribution in [2.45, 2.75) is 12.3 Å². The van der Waals surface area contributed by atoms with Crippen molar-refractivity contribution in [3.63, 3.8) is 0 Å². The van der Waals surface area contributed by atoms with Gasteiger partial charge in [-0.3, -0.25) is 14.5 Å². The molecule has 160 valence electrons. The first-order valence-electron chi connectivity index (χ1n) is 9.65. The van der Waals surface area contributed by atoms with Crippen molar-refractivity contribution in [3.8, 4) is 11.1 Å². The summed E-state index contributed by atoms with van der Waals surface area (Å²) in [6.45, 7) is -0.00916. The highest BCUT2D eigenvalue weighted by atomic mass is 19.3. The van der Waals surface area contributed by atoms with E-state index in [1.165, 1.54) is 24.5 Å². The van der Waals surface area contributed by atoms with Gasteiger partial charge in [0.25, 0.3) is 5.92 Å². The Bertz CT molecular complexity index is 1120. The number of halogens is 3. The van der Waals surface area contributed by atoms with Crippen molar-refractivity contribution in [1.82, 2.24) is 14.8 Å². The molecular formula is C22H20F3N5O. The second kappa shape index (κ2) is 8.25. The van der Waals surface area contributed by atoms with E-state index in [1.807, 2.05) is 0 Å². The third-order valence-electron chi connectivity index (χ3n) is 5.01. The molecule has 0 aliphatic carbocycles. The van der Waals surface area contributed by atoms with Crippen LogP contribution in [0.3, 0.4) is 0 Å². The molecule has 0 saturated carbocycles. The fraction of sp³-hybridized carbons (Fsp3) is 0.227. The van der Waals surface area contributed by atoms with Gasteiger partial charge in [-0.25, -0.2) is 13.2 Å². The van der Waals surface area contributed by atoms with Crippen LogP contribution in [-0.4, -0.2) is 39.7 Å². The van der Waals surface area contributed by atoms with Gasteiger partial charge in [-0.15, -0.1) is 0 Å². The predicted octanol–water partition coefficient (Wildman–Crippen LogP) is 4.12. The summed E-state index contributed by atoms with van der Waals surface area (Å²) in [5.41, 5.74) is 2.52. The van der Waals surface area contributed by atoms with Gasteiger partial charge in [0.05, 0.1) is 18.9 Å². The van der Waals surface area contributed by atoms with E-state index in [4.69, 9.17) is 0 Å². The van der Waals surface area contributed by atoms with E-state index in [2.05, 4.69) is 15.4 Å². The van der Waals surface area contributed by atoms with Crippen molar-refractivity contribution >= 4 is 23.4 Å². The Balaban J connectivity index is 1.44. The molecule has 3 aromatic rings. The molecule has 6 nitrogen and oxygen atoms in total. The standard InChI is InChI=1S/C22H20F3N5O/c1-29-13-16(11-27-29)21-15(10-26-12-19(21)23)2-7-20(31)28-17-3-5-18(6-4-17)30-9-8-22(24,25)14-30/h2-7,10-13H,8-9,14H2,1H3,(H,28,31). The van der Waals surface area contributed by atoms with Crippen LogP contribution in [0.25, 0.3) is 17.2 Å². The molecule has 1 aliphatic heterocycles. The van der Waals surface area contributed by atoms with E-state index in [9.17, 15) is 18.0 Å². The van der Waals surface area contributed by atoms with E-state index in [0.717, 1.165) is 6.20 Å². The average Bonchev–Trinajstić information content (AvgIpc) is 3.32. The zero-order chi connectivity index (χ0) is 22.0. The van der Waals surface area contributed by atoms with Gasteiger partial charge in [0.15, 0.2) is 0 Å². The maximum atomic E-state index is 14.3. The summed E-state index contributed by atoms with van der Waals surface area (Å²) in [5, 5.41) is 6.75. The maximum absolute atomic E-state index is 14.3. The monoisotopic (exact) mass is 427 g/mol. The third-order valence-corrected chi connectivity index (χ3v) is 5.01. The van der Waals surface area contributed by atoms with Gasteiger partial charge < -0.3 is 10.2 Å². The molecule has 1 aliphatic rings. The van der Waals surface area contributed by atoms with E-state index in [-0.39, 0.29) is 13.0 Å². The normalized spacial score (nSPS) is 15.5. The molecule has 1 aromatic carbocycles. The Labute approximate surface area is 177 Å². The SMILES string of the molecule is Cn1cc(-c2c(F)cncc2C=CC(=O)Nc2ccc(N3CCC(F)(F)C3)cc2)cn1. The molecule has 0 radical (unpaired) electrons. The summed E-state index contributed by atoms with van der Waals surface area (Å²) in [6.07, 6.45) is 8.39. The van der Waals surface area contributed by atoms with Crippen LogP contribution in [0.15, 0.2) is 55.1 Å². The molecule has 2 aromatic heterocycles. The number of hydrogen-bond acceptors (Lipinski definition) is 4. The molecule has 0 atom stereocenters. The fourth-order valence-corrected chi connectivity index (χ4v) is 3.49. The lowest BCUT2D eigenvalue weighted by atomic mass is 10.0. The number of benzene rings is 1. The molecular weight excluding hydrogens is 407 g/mol. The number of alkyl halides is 2. The Morgan fingerprint density at radius 3 is 2.61 bits per heavy atom. The van der Waals surface area contributed by atoms with Crippen LogP contribution in [0.4, 0.5) is 24.5 Å². The highest BCUT2D eigenvalue weighted by Gasteiger charge is 2.38. The van der Waals surface area contributed by atoms with Crippen LogP contribution in [0.2, 0.25) is 0 Å². The molecule has 0 spiro atoms. The minimum Gasteiger partial charge on any atom is -0.365 e. The number of aromatic nitrogens is 3. The second-order valence-electron chi connectivity index (χ2n) is 7.39. The Morgan fingerprint density at radius 2 is 1.97 bits per heavy atom. The maximum Gasteiger partial charge on any atom is 0.266 e. The molecule has 9 heteroatoms. The Hall–Kier alpha value is -3.62. The first-order valence-corrected chi connectivity index (χ1v) is 9.65. The highest BCUT2D eigenvalue weighted by Crippen LogP contribution is 2.31. The van der Waals surface area contributed by atoms with Crippen molar-refractivity contribution in [2.75, 3.05) is 23.3 Å². The van der Waals surface area contributed by atoms with E-state index in [0.29, 0.717) is 34.6 Å². The van der Waals surface area contributed by atoms with Crippen LogP contribution in [0, 0.1) is 5.82 Å². The summed E-state index contributed by atoms with van der Waals surface area (Å²) >= 11 is 0. The Morgan fingerprint density at radius 1 is 1.19 bits per heavy atom. The van der Waals surface area contributed by atoms with Gasteiger partial charge >= 0.3 is 0 Å². The topological polar surface area (TPSA) is 63.1 Å². The molecule has 0 unspecified atom stereocenters. The molecule has 0 bridgehead atoms. The molecule has 1 fully saturated rings. The largest absolute Gasteiger partial charge is 0.365 e. The summed E-state index contributed by atoms with van der Waals surface area (Å²) in [5.74, 6) is -3.60. The van der Waals surface area contributed by atoms with Crippen molar-refractivity contribution < 1.29 is 18.0 Å². The fourth-order valence-electron chi connectivity index (χ4n) is 3.49. The number of hydrogen-bond donors (Lipinski definition) is 1. The summed E-state index contributed by atoms with van der Waals surface area (Å²) in [7, 11) is 1.73. The first kappa shape index (κ1) is 20.6. The quantitative estimate of drug-likeness (QED) is 0.623. The van der Waals surface area contributed by atoms with Crippen LogP contribution < -0.4 is 10.2 Å². The first-order chi connectivity index (χ1) is 14.8. The Kier molecular flexibility index (Phi) is 5.50. The zero-order valence-corrected chi connectivity index (χ0v) is 16.7. The molecule has 1 N–H and O–H groups in total. The number of nitrogens with one attached hydrogen (secondary N) is 1. The highest BCUT2D eigenvalue weighted by molar-refractivity contribution is 6.02. The van der Waals surface area contributed by atoms with Crippen LogP contribution in [-0.2, 0) is 11.8 Å². The smallest absolute Gasteiger partial charge is 0.266 e. The van der Waals surface area contributed by atoms with Crippen LogP contribution in [0.1, 0.15) is 12.0 Å². The lowest BCUT2D eigenvalue weighted by Gasteiger charge is -2.18. The van der Waals surface area contributed by atoms with Gasteiger partial charge in [-0.1, -0.05) is 0 Å². The minimum atomic E-state index is -2.67. The van der Waals surface area contributed by atoms with Gasteiger partial charge in [0.2, 0.25) is 5.91 Å². The van der Waals surface area contributed by atoms with Crippen LogP contribution >= 0.6 is 0 Å². The molecule has 4 rings (SSSR count). The number of aryl methyl sites for hydroxylation is 1. The van der Waals surface area contributed by atoms with Gasteiger partial charge in [-0.2, -0.15) is 5.10 Å². The molecule has 1 saturated heterocycles. The number of carbonyl (C=O) groups is 1. The van der Waals surface area contributed by atoms with Crippen molar-refractivity contribution in [1.29, 1.82) is 0 Å². The minimum absolute atomic E-state index is 0.160. The number of amides is 1. The van der Waals surface area contributed by atoms with Gasteiger partial charge in [0, 0.05) is 66.5 Å². The van der Waals surface area contributed by atoms with Crippen molar-refractivity contribution in [3.05, 3.63) is 66.5 Å². The summed E-state index contributed by atoms with van der Waals surface area (Å²) in [6, 6.07) is 6.69. The number of pyridine rings is 1. The third kappa shape index (κ3) is 4.76. The van der Waals surface area contributed by atoms with E-state index in [1.54, 1.807) is 47.1 Å². The predicted molar refractivity (Wildman–Crippen MR) is 112 cm³/mol. The molecule has 3 heterocycles. The number of nitrogens with zero attached hydrogens (tertiary/aromatic N) is 4. The van der Waals surface area contributed by atoms with Crippen molar-refractivity contribution in [2.24, 2.45) is 7.05 Å². The average molecular weight is 427 g/mol. The number of anilines is 2. The summed E-state index contributed by atoms with van der Waals surface area (Å²) < 4.78 is 42.7. The van der Waals surface area contributed by atoms with Gasteiger partial charge in [-0.05, 0) is 30.3 Å². The van der Waals surface area contributed by atoms with Crippen LogP contribution in [0.5, 0.6) is 0 Å². The molecule has 31 heavy (non-hydrogen) atoms. The molecule has 1 amide bonds.